The molecule has 3 rings (SSSR count). The summed E-state index contributed by atoms with van der Waals surface area (Å²) in [5.41, 5.74) is 2.21. The lowest BCUT2D eigenvalue weighted by atomic mass is 10.1. The summed E-state index contributed by atoms with van der Waals surface area (Å²) < 4.78 is 2.12. The molecule has 0 amide bonds. The molecular weight excluding hydrogens is 234 g/mol. The van der Waals surface area contributed by atoms with E-state index in [0.29, 0.717) is 0 Å². The SMILES string of the molecule is CSc1ncc(C2Cc3nccnc3N2)n1C. The van der Waals surface area contributed by atoms with Gasteiger partial charge in [0.05, 0.1) is 23.6 Å². The van der Waals surface area contributed by atoms with Crippen molar-refractivity contribution in [3.05, 3.63) is 30.0 Å². The fraction of sp³-hybridized carbons (Fsp3) is 0.364. The van der Waals surface area contributed by atoms with E-state index in [1.807, 2.05) is 19.5 Å². The molecule has 0 saturated carbocycles. The minimum absolute atomic E-state index is 0.228. The molecule has 1 unspecified atom stereocenters. The highest BCUT2D eigenvalue weighted by molar-refractivity contribution is 7.98. The lowest BCUT2D eigenvalue weighted by Crippen LogP contribution is -2.11. The minimum Gasteiger partial charge on any atom is -0.360 e. The largest absolute Gasteiger partial charge is 0.360 e. The van der Waals surface area contributed by atoms with Crippen LogP contribution >= 0.6 is 11.8 Å². The van der Waals surface area contributed by atoms with Gasteiger partial charge in [0, 0.05) is 25.9 Å². The van der Waals surface area contributed by atoms with Gasteiger partial charge in [0.2, 0.25) is 0 Å². The summed E-state index contributed by atoms with van der Waals surface area (Å²) in [4.78, 5) is 13.0. The number of hydrogen-bond acceptors (Lipinski definition) is 5. The Hall–Kier alpha value is -1.56. The Balaban J connectivity index is 1.91. The zero-order chi connectivity index (χ0) is 11.8. The molecular formula is C11H13N5S. The fourth-order valence-electron chi connectivity index (χ4n) is 2.14. The second-order valence-electron chi connectivity index (χ2n) is 3.98. The lowest BCUT2D eigenvalue weighted by Gasteiger charge is -2.11. The minimum atomic E-state index is 0.228. The average Bonchev–Trinajstić information content (AvgIpc) is 2.91. The molecule has 2 aromatic heterocycles. The third-order valence-electron chi connectivity index (χ3n) is 3.00. The van der Waals surface area contributed by atoms with Crippen LogP contribution in [-0.4, -0.2) is 25.8 Å². The molecule has 1 N–H and O–H groups in total. The van der Waals surface area contributed by atoms with Crippen molar-refractivity contribution in [2.75, 3.05) is 11.6 Å². The van der Waals surface area contributed by atoms with Crippen molar-refractivity contribution in [2.45, 2.75) is 17.6 Å². The molecule has 88 valence electrons. The monoisotopic (exact) mass is 247 g/mol. The van der Waals surface area contributed by atoms with E-state index in [1.54, 1.807) is 24.2 Å². The Morgan fingerprint density at radius 2 is 2.18 bits per heavy atom. The number of anilines is 1. The number of aromatic nitrogens is 4. The van der Waals surface area contributed by atoms with E-state index in [2.05, 4.69) is 24.8 Å². The zero-order valence-corrected chi connectivity index (χ0v) is 10.5. The number of imidazole rings is 1. The second-order valence-corrected chi connectivity index (χ2v) is 4.75. The normalized spacial score (nSPS) is 17.9. The van der Waals surface area contributed by atoms with Crippen LogP contribution in [0.5, 0.6) is 0 Å². The maximum Gasteiger partial charge on any atom is 0.167 e. The van der Waals surface area contributed by atoms with Gasteiger partial charge in [-0.15, -0.1) is 0 Å². The topological polar surface area (TPSA) is 55.6 Å². The number of nitrogens with zero attached hydrogens (tertiary/aromatic N) is 4. The average molecular weight is 247 g/mol. The van der Waals surface area contributed by atoms with Gasteiger partial charge in [0.1, 0.15) is 5.82 Å². The van der Waals surface area contributed by atoms with Crippen molar-refractivity contribution in [3.8, 4) is 0 Å². The first-order valence-corrected chi connectivity index (χ1v) is 6.64. The number of nitrogens with one attached hydrogen (secondary N) is 1. The van der Waals surface area contributed by atoms with Crippen LogP contribution in [0.2, 0.25) is 0 Å². The molecule has 17 heavy (non-hydrogen) atoms. The first-order chi connectivity index (χ1) is 8.29. The van der Waals surface area contributed by atoms with Crippen molar-refractivity contribution < 1.29 is 0 Å². The van der Waals surface area contributed by atoms with E-state index in [-0.39, 0.29) is 6.04 Å². The van der Waals surface area contributed by atoms with Crippen LogP contribution in [0.1, 0.15) is 17.4 Å². The lowest BCUT2D eigenvalue weighted by molar-refractivity contribution is 0.677. The molecule has 1 aliphatic heterocycles. The molecule has 0 spiro atoms. The number of thioether (sulfide) groups is 1. The predicted octanol–water partition coefficient (Wildman–Crippen LogP) is 1.64. The molecule has 0 bridgehead atoms. The molecule has 0 radical (unpaired) electrons. The van der Waals surface area contributed by atoms with E-state index in [4.69, 9.17) is 0 Å². The molecule has 5 nitrogen and oxygen atoms in total. The third kappa shape index (κ3) is 1.68. The molecule has 3 heterocycles. The number of rotatable bonds is 2. The van der Waals surface area contributed by atoms with Gasteiger partial charge in [-0.3, -0.25) is 4.98 Å². The predicted molar refractivity (Wildman–Crippen MR) is 67.1 cm³/mol. The zero-order valence-electron chi connectivity index (χ0n) is 9.71. The van der Waals surface area contributed by atoms with Crippen LogP contribution in [-0.2, 0) is 13.5 Å². The molecule has 1 atom stereocenters. The second kappa shape index (κ2) is 4.03. The highest BCUT2D eigenvalue weighted by atomic mass is 32.2. The van der Waals surface area contributed by atoms with E-state index >= 15 is 0 Å². The summed E-state index contributed by atoms with van der Waals surface area (Å²) in [5.74, 6) is 0.893. The van der Waals surface area contributed by atoms with Crippen LogP contribution in [0.15, 0.2) is 23.7 Å². The Labute approximate surface area is 104 Å². The van der Waals surface area contributed by atoms with Gasteiger partial charge in [-0.2, -0.15) is 0 Å². The van der Waals surface area contributed by atoms with Crippen molar-refractivity contribution >= 4 is 17.6 Å². The summed E-state index contributed by atoms with van der Waals surface area (Å²) in [6.45, 7) is 0. The van der Waals surface area contributed by atoms with Crippen molar-refractivity contribution in [1.82, 2.24) is 19.5 Å². The maximum atomic E-state index is 4.39. The highest BCUT2D eigenvalue weighted by Gasteiger charge is 2.26. The van der Waals surface area contributed by atoms with E-state index in [1.165, 1.54) is 5.69 Å². The quantitative estimate of drug-likeness (QED) is 0.818. The van der Waals surface area contributed by atoms with Crippen LogP contribution in [0, 0.1) is 0 Å². The van der Waals surface area contributed by atoms with Crippen molar-refractivity contribution in [2.24, 2.45) is 7.05 Å². The summed E-state index contributed by atoms with van der Waals surface area (Å²) in [5, 5.41) is 4.41. The van der Waals surface area contributed by atoms with Crippen molar-refractivity contribution in [3.63, 3.8) is 0 Å². The van der Waals surface area contributed by atoms with E-state index in [9.17, 15) is 0 Å². The number of hydrogen-bond donors (Lipinski definition) is 1. The Morgan fingerprint density at radius 3 is 2.88 bits per heavy atom. The van der Waals surface area contributed by atoms with Gasteiger partial charge in [0.15, 0.2) is 5.16 Å². The van der Waals surface area contributed by atoms with Crippen LogP contribution in [0.4, 0.5) is 5.82 Å². The molecule has 0 aliphatic carbocycles. The van der Waals surface area contributed by atoms with Crippen molar-refractivity contribution in [1.29, 1.82) is 0 Å². The highest BCUT2D eigenvalue weighted by Crippen LogP contribution is 2.31. The van der Waals surface area contributed by atoms with Crippen LogP contribution in [0.3, 0.4) is 0 Å². The molecule has 1 aliphatic rings. The smallest absolute Gasteiger partial charge is 0.167 e. The number of fused-ring (bicyclic) bond motifs is 1. The Bertz CT molecular complexity index is 526. The fourth-order valence-corrected chi connectivity index (χ4v) is 2.68. The first-order valence-electron chi connectivity index (χ1n) is 5.41. The molecule has 2 aromatic rings. The summed E-state index contributed by atoms with van der Waals surface area (Å²) in [6.07, 6.45) is 8.28. The molecule has 0 fully saturated rings. The van der Waals surface area contributed by atoms with Gasteiger partial charge in [-0.25, -0.2) is 9.97 Å². The third-order valence-corrected chi connectivity index (χ3v) is 3.75. The van der Waals surface area contributed by atoms with Crippen LogP contribution < -0.4 is 5.32 Å². The van der Waals surface area contributed by atoms with E-state index < -0.39 is 0 Å². The van der Waals surface area contributed by atoms with Gasteiger partial charge in [-0.1, -0.05) is 11.8 Å². The Morgan fingerprint density at radius 1 is 1.35 bits per heavy atom. The maximum absolute atomic E-state index is 4.39. The summed E-state index contributed by atoms with van der Waals surface area (Å²) in [7, 11) is 2.04. The molecule has 0 saturated heterocycles. The van der Waals surface area contributed by atoms with Gasteiger partial charge < -0.3 is 9.88 Å². The van der Waals surface area contributed by atoms with Gasteiger partial charge in [0.25, 0.3) is 0 Å². The summed E-state index contributed by atoms with van der Waals surface area (Å²) in [6, 6.07) is 0.228. The molecule has 0 aromatic carbocycles. The van der Waals surface area contributed by atoms with E-state index in [0.717, 1.165) is 23.1 Å². The van der Waals surface area contributed by atoms with Gasteiger partial charge in [-0.05, 0) is 6.26 Å². The first kappa shape index (κ1) is 10.6. The Kier molecular flexibility index (Phi) is 2.51. The molecule has 6 heteroatoms. The standard InChI is InChI=1S/C11H13N5S/c1-16-9(6-14-11(16)17-2)7-5-8-10(15-7)13-4-3-12-8/h3-4,6-7H,5H2,1-2H3,(H,13,15). The van der Waals surface area contributed by atoms with Gasteiger partial charge >= 0.3 is 0 Å². The van der Waals surface area contributed by atoms with Crippen LogP contribution in [0.25, 0.3) is 0 Å². The summed E-state index contributed by atoms with van der Waals surface area (Å²) >= 11 is 1.65.